The van der Waals surface area contributed by atoms with E-state index in [9.17, 15) is 14.7 Å². The number of likely N-dealkylation sites (tertiary alicyclic amines) is 1. The summed E-state index contributed by atoms with van der Waals surface area (Å²) in [5.41, 5.74) is 0.540. The lowest BCUT2D eigenvalue weighted by atomic mass is 10.1. The Morgan fingerprint density at radius 2 is 2.22 bits per heavy atom. The Balaban J connectivity index is 1.72. The van der Waals surface area contributed by atoms with Crippen LogP contribution in [0.4, 0.5) is 4.79 Å². The molecule has 0 spiro atoms. The number of aryl methyl sites for hydroxylation is 1. The van der Waals surface area contributed by atoms with Gasteiger partial charge >= 0.3 is 6.09 Å². The smallest absolute Gasteiger partial charge is 0.410 e. The van der Waals surface area contributed by atoms with Crippen LogP contribution in [0.15, 0.2) is 24.5 Å². The molecule has 0 bridgehead atoms. The topological polar surface area (TPSA) is 91.8 Å². The molecule has 2 heterocycles. The van der Waals surface area contributed by atoms with E-state index in [0.29, 0.717) is 19.4 Å². The summed E-state index contributed by atoms with van der Waals surface area (Å²) in [4.78, 5) is 30.3. The van der Waals surface area contributed by atoms with Gasteiger partial charge in [0, 0.05) is 25.5 Å². The fourth-order valence-corrected chi connectivity index (χ4v) is 3.10. The summed E-state index contributed by atoms with van der Waals surface area (Å²) in [6, 6.07) is 3.37. The van der Waals surface area contributed by atoms with Gasteiger partial charge in [-0.1, -0.05) is 6.07 Å². The molecule has 1 fully saturated rings. The van der Waals surface area contributed by atoms with Crippen LogP contribution < -0.4 is 5.32 Å². The van der Waals surface area contributed by atoms with Gasteiger partial charge in [0.1, 0.15) is 11.6 Å². The second-order valence-corrected chi connectivity index (χ2v) is 7.98. The molecule has 1 saturated heterocycles. The first kappa shape index (κ1) is 21.2. The van der Waals surface area contributed by atoms with E-state index in [1.165, 1.54) is 4.90 Å². The summed E-state index contributed by atoms with van der Waals surface area (Å²) in [7, 11) is 0. The lowest BCUT2D eigenvalue weighted by molar-refractivity contribution is -0.126. The minimum absolute atomic E-state index is 0.185. The largest absolute Gasteiger partial charge is 0.444 e. The molecule has 2 atom stereocenters. The molecule has 2 N–H and O–H groups in total. The summed E-state index contributed by atoms with van der Waals surface area (Å²) in [5.74, 6) is -0.232. The van der Waals surface area contributed by atoms with Crippen molar-refractivity contribution in [2.45, 2.75) is 70.6 Å². The Kier molecular flexibility index (Phi) is 7.59. The van der Waals surface area contributed by atoms with Gasteiger partial charge in [0.25, 0.3) is 0 Å². The minimum atomic E-state index is -0.609. The fourth-order valence-electron chi connectivity index (χ4n) is 3.10. The number of nitrogens with zero attached hydrogens (tertiary/aromatic N) is 2. The van der Waals surface area contributed by atoms with E-state index < -0.39 is 23.8 Å². The third-order valence-electron chi connectivity index (χ3n) is 4.42. The van der Waals surface area contributed by atoms with Gasteiger partial charge in [-0.25, -0.2) is 4.79 Å². The van der Waals surface area contributed by atoms with Crippen LogP contribution >= 0.6 is 0 Å². The van der Waals surface area contributed by atoms with Crippen molar-refractivity contribution >= 4 is 12.0 Å². The lowest BCUT2D eigenvalue weighted by Crippen LogP contribution is -2.48. The van der Waals surface area contributed by atoms with Crippen LogP contribution in [0.1, 0.15) is 52.0 Å². The van der Waals surface area contributed by atoms with Gasteiger partial charge in [-0.3, -0.25) is 14.7 Å². The summed E-state index contributed by atoms with van der Waals surface area (Å²) in [6.07, 6.45) is 6.11. The number of pyridine rings is 1. The molecule has 2 rings (SSSR count). The van der Waals surface area contributed by atoms with E-state index >= 15 is 0 Å². The maximum atomic E-state index is 12.4. The number of aromatic nitrogens is 1. The number of ether oxygens (including phenoxy) is 1. The summed E-state index contributed by atoms with van der Waals surface area (Å²) < 4.78 is 5.38. The SMILES string of the molecule is CC(C)(C)OC(=O)N1CCCC1C(=O)NCC(O)CCCc1cccnc1. The number of carbonyl (C=O) groups is 2. The zero-order valence-corrected chi connectivity index (χ0v) is 16.5. The maximum Gasteiger partial charge on any atom is 0.410 e. The van der Waals surface area contributed by atoms with Crippen LogP contribution in [-0.2, 0) is 16.0 Å². The van der Waals surface area contributed by atoms with E-state index in [4.69, 9.17) is 4.74 Å². The molecule has 0 radical (unpaired) electrons. The van der Waals surface area contributed by atoms with Gasteiger partial charge in [-0.2, -0.15) is 0 Å². The van der Waals surface area contributed by atoms with Gasteiger partial charge in [-0.15, -0.1) is 0 Å². The third kappa shape index (κ3) is 7.17. The van der Waals surface area contributed by atoms with Gasteiger partial charge < -0.3 is 15.2 Å². The average molecular weight is 377 g/mol. The number of hydrogen-bond acceptors (Lipinski definition) is 5. The zero-order chi connectivity index (χ0) is 19.9. The Morgan fingerprint density at radius 1 is 1.44 bits per heavy atom. The van der Waals surface area contributed by atoms with Crippen molar-refractivity contribution in [3.8, 4) is 0 Å². The molecule has 0 saturated carbocycles. The van der Waals surface area contributed by atoms with E-state index in [1.54, 1.807) is 27.0 Å². The average Bonchev–Trinajstić information content (AvgIpc) is 3.09. The zero-order valence-electron chi connectivity index (χ0n) is 16.5. The normalized spacial score (nSPS) is 18.2. The van der Waals surface area contributed by atoms with Crippen molar-refractivity contribution in [1.29, 1.82) is 0 Å². The van der Waals surface area contributed by atoms with E-state index in [2.05, 4.69) is 10.3 Å². The van der Waals surface area contributed by atoms with Gasteiger partial charge in [0.2, 0.25) is 5.91 Å². The first-order chi connectivity index (χ1) is 12.8. The number of hydrogen-bond donors (Lipinski definition) is 2. The van der Waals surface area contributed by atoms with Crippen molar-refractivity contribution in [3.63, 3.8) is 0 Å². The van der Waals surface area contributed by atoms with Crippen LogP contribution in [0.5, 0.6) is 0 Å². The minimum Gasteiger partial charge on any atom is -0.444 e. The molecular weight excluding hydrogens is 346 g/mol. The highest BCUT2D eigenvalue weighted by molar-refractivity contribution is 5.86. The van der Waals surface area contributed by atoms with Crippen molar-refractivity contribution < 1.29 is 19.4 Å². The van der Waals surface area contributed by atoms with Gasteiger partial charge in [-0.05, 0) is 64.5 Å². The molecule has 1 aliphatic heterocycles. The molecule has 7 nitrogen and oxygen atoms in total. The molecule has 0 aliphatic carbocycles. The Labute approximate surface area is 161 Å². The monoisotopic (exact) mass is 377 g/mol. The number of rotatable bonds is 7. The molecule has 0 aromatic carbocycles. The molecule has 2 unspecified atom stereocenters. The molecule has 2 amide bonds. The number of aliphatic hydroxyl groups excluding tert-OH is 1. The van der Waals surface area contributed by atoms with Crippen molar-refractivity contribution in [3.05, 3.63) is 30.1 Å². The molecule has 27 heavy (non-hydrogen) atoms. The van der Waals surface area contributed by atoms with Crippen LogP contribution in [0, 0.1) is 0 Å². The Morgan fingerprint density at radius 3 is 2.89 bits per heavy atom. The fraction of sp³-hybridized carbons (Fsp3) is 0.650. The lowest BCUT2D eigenvalue weighted by Gasteiger charge is -2.28. The van der Waals surface area contributed by atoms with Crippen molar-refractivity contribution in [2.24, 2.45) is 0 Å². The highest BCUT2D eigenvalue weighted by Gasteiger charge is 2.36. The Bertz CT molecular complexity index is 615. The third-order valence-corrected chi connectivity index (χ3v) is 4.42. The summed E-state index contributed by atoms with van der Waals surface area (Å²) in [6.45, 7) is 6.11. The molecular formula is C20H31N3O4. The summed E-state index contributed by atoms with van der Waals surface area (Å²) in [5, 5.41) is 12.9. The Hall–Kier alpha value is -2.15. The number of aliphatic hydroxyl groups is 1. The highest BCUT2D eigenvalue weighted by Crippen LogP contribution is 2.21. The van der Waals surface area contributed by atoms with Gasteiger partial charge in [0.05, 0.1) is 6.10 Å². The summed E-state index contributed by atoms with van der Waals surface area (Å²) >= 11 is 0. The van der Waals surface area contributed by atoms with Crippen LogP contribution in [0.2, 0.25) is 0 Å². The maximum absolute atomic E-state index is 12.4. The second kappa shape index (κ2) is 9.69. The molecule has 1 aliphatic rings. The molecule has 1 aromatic heterocycles. The standard InChI is InChI=1S/C20H31N3O4/c1-20(2,3)27-19(26)23-12-6-10-17(23)18(25)22-14-16(24)9-4-7-15-8-5-11-21-13-15/h5,8,11,13,16-17,24H,4,6-7,9-10,12,14H2,1-3H3,(H,22,25). The first-order valence-corrected chi connectivity index (χ1v) is 9.60. The first-order valence-electron chi connectivity index (χ1n) is 9.60. The molecule has 150 valence electrons. The van der Waals surface area contributed by atoms with Crippen molar-refractivity contribution in [2.75, 3.05) is 13.1 Å². The number of amides is 2. The number of carbonyl (C=O) groups excluding carboxylic acids is 2. The highest BCUT2D eigenvalue weighted by atomic mass is 16.6. The quantitative estimate of drug-likeness (QED) is 0.761. The predicted octanol–water partition coefficient (Wildman–Crippen LogP) is 2.28. The van der Waals surface area contributed by atoms with Crippen LogP contribution in [0.25, 0.3) is 0 Å². The van der Waals surface area contributed by atoms with E-state index in [1.807, 2.05) is 18.3 Å². The van der Waals surface area contributed by atoms with E-state index in [0.717, 1.165) is 24.8 Å². The van der Waals surface area contributed by atoms with Crippen LogP contribution in [0.3, 0.4) is 0 Å². The van der Waals surface area contributed by atoms with E-state index in [-0.39, 0.29) is 12.5 Å². The van der Waals surface area contributed by atoms with Gasteiger partial charge in [0.15, 0.2) is 0 Å². The second-order valence-electron chi connectivity index (χ2n) is 7.98. The number of nitrogens with one attached hydrogen (secondary N) is 1. The predicted molar refractivity (Wildman–Crippen MR) is 102 cm³/mol. The van der Waals surface area contributed by atoms with Crippen LogP contribution in [-0.4, -0.2) is 57.8 Å². The molecule has 1 aromatic rings. The van der Waals surface area contributed by atoms with Crippen molar-refractivity contribution in [1.82, 2.24) is 15.2 Å². The molecule has 7 heteroatoms.